The highest BCUT2D eigenvalue weighted by Gasteiger charge is 2.32. The van der Waals surface area contributed by atoms with Gasteiger partial charge in [-0.2, -0.15) is 0 Å². The van der Waals surface area contributed by atoms with Crippen molar-refractivity contribution in [2.75, 3.05) is 11.9 Å². The van der Waals surface area contributed by atoms with Crippen molar-refractivity contribution in [3.63, 3.8) is 0 Å². The minimum absolute atomic E-state index is 0.0607. The normalized spacial score (nSPS) is 17.7. The molecule has 0 spiro atoms. The predicted molar refractivity (Wildman–Crippen MR) is 82.6 cm³/mol. The molecule has 20 heavy (non-hydrogen) atoms. The van der Waals surface area contributed by atoms with E-state index in [1.807, 2.05) is 13.0 Å². The Labute approximate surface area is 127 Å². The number of nitro groups is 1. The van der Waals surface area contributed by atoms with Crippen LogP contribution in [0.25, 0.3) is 0 Å². The topological polar surface area (TPSA) is 52.4 Å². The summed E-state index contributed by atoms with van der Waals surface area (Å²) in [7, 11) is 0. The number of nitro benzene ring substituents is 1. The lowest BCUT2D eigenvalue weighted by atomic mass is 9.76. The van der Waals surface area contributed by atoms with Crippen LogP contribution in [-0.2, 0) is 0 Å². The largest absolute Gasteiger partial charge is 0.486 e. The zero-order chi connectivity index (χ0) is 14.6. The summed E-state index contributed by atoms with van der Waals surface area (Å²) in [6.45, 7) is 2.39. The number of alkyl halides is 1. The first-order chi connectivity index (χ1) is 9.56. The number of rotatable bonds is 5. The van der Waals surface area contributed by atoms with E-state index in [0.717, 1.165) is 23.7 Å². The third-order valence-corrected chi connectivity index (χ3v) is 5.23. The molecule has 2 rings (SSSR count). The lowest BCUT2D eigenvalue weighted by molar-refractivity contribution is -0.386. The predicted octanol–water partition coefficient (Wildman–Crippen LogP) is 4.63. The Balaban J connectivity index is 2.11. The Hall–Kier alpha value is -1.10. The minimum atomic E-state index is -0.371. The first kappa shape index (κ1) is 15.3. The number of ether oxygens (including phenoxy) is 1. The van der Waals surface area contributed by atoms with Gasteiger partial charge in [0.2, 0.25) is 0 Å². The highest BCUT2D eigenvalue weighted by Crippen LogP contribution is 2.39. The Morgan fingerprint density at radius 2 is 2.05 bits per heavy atom. The molecule has 0 atom stereocenters. The first-order valence-electron chi connectivity index (χ1n) is 7.00. The van der Waals surface area contributed by atoms with Crippen LogP contribution in [0, 0.1) is 22.5 Å². The van der Waals surface area contributed by atoms with Crippen LogP contribution in [0.5, 0.6) is 5.75 Å². The molecule has 0 aliphatic heterocycles. The Morgan fingerprint density at radius 1 is 1.35 bits per heavy atom. The first-order valence-corrected chi connectivity index (χ1v) is 8.12. The van der Waals surface area contributed by atoms with Gasteiger partial charge in [-0.3, -0.25) is 10.1 Å². The summed E-state index contributed by atoms with van der Waals surface area (Å²) in [4.78, 5) is 10.7. The molecule has 110 valence electrons. The molecular formula is C15H20BrNO3. The van der Waals surface area contributed by atoms with Gasteiger partial charge in [0.1, 0.15) is 0 Å². The number of nitrogens with zero attached hydrogens (tertiary/aromatic N) is 1. The second kappa shape index (κ2) is 6.57. The minimum Gasteiger partial charge on any atom is -0.486 e. The summed E-state index contributed by atoms with van der Waals surface area (Å²) in [5.41, 5.74) is 1.05. The maximum atomic E-state index is 11.1. The molecule has 1 aliphatic rings. The fourth-order valence-corrected chi connectivity index (χ4v) is 3.46. The van der Waals surface area contributed by atoms with E-state index in [4.69, 9.17) is 4.74 Å². The van der Waals surface area contributed by atoms with Gasteiger partial charge < -0.3 is 4.74 Å². The molecule has 0 radical (unpaired) electrons. The van der Waals surface area contributed by atoms with E-state index >= 15 is 0 Å². The van der Waals surface area contributed by atoms with Crippen molar-refractivity contribution in [2.45, 2.75) is 39.0 Å². The summed E-state index contributed by atoms with van der Waals surface area (Å²) in [5, 5.41) is 12.0. The second-order valence-electron chi connectivity index (χ2n) is 5.71. The van der Waals surface area contributed by atoms with Crippen molar-refractivity contribution in [3.05, 3.63) is 33.9 Å². The maximum Gasteiger partial charge on any atom is 0.311 e. The third-order valence-electron chi connectivity index (χ3n) is 4.04. The van der Waals surface area contributed by atoms with Crippen molar-refractivity contribution in [2.24, 2.45) is 5.41 Å². The SMILES string of the molecule is Cc1ccc(OCC2(CBr)CCCCC2)c([N+](=O)[O-])c1. The highest BCUT2D eigenvalue weighted by atomic mass is 79.9. The molecule has 1 aromatic rings. The molecule has 0 aromatic heterocycles. The second-order valence-corrected chi connectivity index (χ2v) is 6.27. The van der Waals surface area contributed by atoms with Crippen molar-refractivity contribution < 1.29 is 9.66 Å². The van der Waals surface area contributed by atoms with Crippen LogP contribution < -0.4 is 4.74 Å². The average Bonchev–Trinajstić information content (AvgIpc) is 2.47. The average molecular weight is 342 g/mol. The molecule has 0 unspecified atom stereocenters. The van der Waals surface area contributed by atoms with E-state index in [1.54, 1.807) is 12.1 Å². The molecule has 1 saturated carbocycles. The van der Waals surface area contributed by atoms with Crippen LogP contribution >= 0.6 is 15.9 Å². The highest BCUT2D eigenvalue weighted by molar-refractivity contribution is 9.09. The van der Waals surface area contributed by atoms with Crippen LogP contribution in [-0.4, -0.2) is 16.9 Å². The van der Waals surface area contributed by atoms with Gasteiger partial charge in [-0.05, 0) is 31.4 Å². The molecule has 1 aliphatic carbocycles. The molecule has 0 N–H and O–H groups in total. The molecule has 4 nitrogen and oxygen atoms in total. The molecule has 0 bridgehead atoms. The Morgan fingerprint density at radius 3 is 2.65 bits per heavy atom. The van der Waals surface area contributed by atoms with Crippen molar-refractivity contribution in [1.29, 1.82) is 0 Å². The van der Waals surface area contributed by atoms with E-state index in [2.05, 4.69) is 15.9 Å². The smallest absolute Gasteiger partial charge is 0.311 e. The van der Waals surface area contributed by atoms with Gasteiger partial charge in [0.05, 0.1) is 11.5 Å². The van der Waals surface area contributed by atoms with Gasteiger partial charge in [0.15, 0.2) is 5.75 Å². The standard InChI is InChI=1S/C15H20BrNO3/c1-12-5-6-14(13(9-12)17(18)19)20-11-15(10-16)7-3-2-4-8-15/h5-6,9H,2-4,7-8,10-11H2,1H3. The summed E-state index contributed by atoms with van der Waals surface area (Å²) in [6, 6.07) is 5.12. The molecule has 0 heterocycles. The summed E-state index contributed by atoms with van der Waals surface area (Å²) < 4.78 is 5.82. The molecule has 0 saturated heterocycles. The summed E-state index contributed by atoms with van der Waals surface area (Å²) in [5.74, 6) is 0.381. The fraction of sp³-hybridized carbons (Fsp3) is 0.600. The van der Waals surface area contributed by atoms with Crippen LogP contribution in [0.2, 0.25) is 0 Å². The monoisotopic (exact) mass is 341 g/mol. The Kier molecular flexibility index (Phi) is 5.02. The van der Waals surface area contributed by atoms with Crippen LogP contribution in [0.3, 0.4) is 0 Å². The zero-order valence-electron chi connectivity index (χ0n) is 11.7. The van der Waals surface area contributed by atoms with Gasteiger partial charge >= 0.3 is 5.69 Å². The number of aryl methyl sites for hydroxylation is 1. The zero-order valence-corrected chi connectivity index (χ0v) is 13.3. The number of halogens is 1. The van der Waals surface area contributed by atoms with Crippen LogP contribution in [0.15, 0.2) is 18.2 Å². The fourth-order valence-electron chi connectivity index (χ4n) is 2.74. The molecule has 1 aromatic carbocycles. The summed E-state index contributed by atoms with van der Waals surface area (Å²) in [6.07, 6.45) is 5.95. The lowest BCUT2D eigenvalue weighted by Crippen LogP contribution is -2.32. The molecule has 0 amide bonds. The van der Waals surface area contributed by atoms with E-state index in [0.29, 0.717) is 12.4 Å². The van der Waals surface area contributed by atoms with Crippen molar-refractivity contribution >= 4 is 21.6 Å². The van der Waals surface area contributed by atoms with Gasteiger partial charge in [-0.15, -0.1) is 0 Å². The lowest BCUT2D eigenvalue weighted by Gasteiger charge is -2.35. The van der Waals surface area contributed by atoms with E-state index in [1.165, 1.54) is 19.3 Å². The quantitative estimate of drug-likeness (QED) is 0.445. The van der Waals surface area contributed by atoms with Crippen molar-refractivity contribution in [3.8, 4) is 5.75 Å². The molecular weight excluding hydrogens is 322 g/mol. The Bertz CT molecular complexity index is 484. The van der Waals surface area contributed by atoms with Crippen molar-refractivity contribution in [1.82, 2.24) is 0 Å². The number of benzene rings is 1. The maximum absolute atomic E-state index is 11.1. The van der Waals surface area contributed by atoms with Gasteiger partial charge in [0.25, 0.3) is 0 Å². The van der Waals surface area contributed by atoms with Gasteiger partial charge in [-0.1, -0.05) is 41.3 Å². The van der Waals surface area contributed by atoms with Gasteiger partial charge in [0, 0.05) is 16.8 Å². The molecule has 1 fully saturated rings. The van der Waals surface area contributed by atoms with E-state index in [-0.39, 0.29) is 16.0 Å². The van der Waals surface area contributed by atoms with Crippen LogP contribution in [0.4, 0.5) is 5.69 Å². The number of hydrogen-bond acceptors (Lipinski definition) is 3. The van der Waals surface area contributed by atoms with Gasteiger partial charge in [-0.25, -0.2) is 0 Å². The van der Waals surface area contributed by atoms with E-state index < -0.39 is 0 Å². The summed E-state index contributed by atoms with van der Waals surface area (Å²) >= 11 is 3.59. The molecule has 5 heteroatoms. The van der Waals surface area contributed by atoms with Crippen LogP contribution in [0.1, 0.15) is 37.7 Å². The number of hydrogen-bond donors (Lipinski definition) is 0. The van der Waals surface area contributed by atoms with E-state index in [9.17, 15) is 10.1 Å². The third kappa shape index (κ3) is 3.51.